The molecule has 0 aliphatic heterocycles. The molecule has 1 N–H and O–H groups in total. The number of aromatic nitrogens is 3. The second-order valence-corrected chi connectivity index (χ2v) is 4.87. The Kier molecular flexibility index (Phi) is 4.10. The fourth-order valence-electron chi connectivity index (χ4n) is 1.77. The molecule has 0 aliphatic rings. The second kappa shape index (κ2) is 5.78. The summed E-state index contributed by atoms with van der Waals surface area (Å²) in [5, 5.41) is 11.7. The first kappa shape index (κ1) is 12.8. The van der Waals surface area contributed by atoms with Crippen LogP contribution in [0.15, 0.2) is 30.5 Å². The monoisotopic (exact) mass is 244 g/mol. The number of hydrogen-bond acceptors (Lipinski definition) is 3. The van der Waals surface area contributed by atoms with E-state index in [1.165, 1.54) is 11.1 Å². The normalized spacial score (nSPS) is 11.1. The summed E-state index contributed by atoms with van der Waals surface area (Å²) in [5.41, 5.74) is 3.55. The molecule has 0 spiro atoms. The zero-order valence-electron chi connectivity index (χ0n) is 11.2. The van der Waals surface area contributed by atoms with E-state index in [4.69, 9.17) is 0 Å². The molecule has 4 nitrogen and oxygen atoms in total. The molecule has 0 saturated heterocycles. The molecule has 0 aliphatic carbocycles. The average molecular weight is 244 g/mol. The van der Waals surface area contributed by atoms with Crippen LogP contribution in [0.4, 0.5) is 0 Å². The molecule has 0 amide bonds. The van der Waals surface area contributed by atoms with Gasteiger partial charge in [0.2, 0.25) is 0 Å². The van der Waals surface area contributed by atoms with Crippen LogP contribution >= 0.6 is 0 Å². The van der Waals surface area contributed by atoms with Crippen molar-refractivity contribution in [3.63, 3.8) is 0 Å². The minimum atomic E-state index is 0.464. The van der Waals surface area contributed by atoms with Gasteiger partial charge in [-0.3, -0.25) is 0 Å². The van der Waals surface area contributed by atoms with Crippen LogP contribution < -0.4 is 5.32 Å². The molecular formula is C14H20N4. The third kappa shape index (κ3) is 3.40. The van der Waals surface area contributed by atoms with Crippen molar-refractivity contribution in [3.8, 4) is 0 Å². The lowest BCUT2D eigenvalue weighted by atomic mass is 10.1. The third-order valence-electron chi connectivity index (χ3n) is 2.87. The van der Waals surface area contributed by atoms with Crippen molar-refractivity contribution in [3.05, 3.63) is 47.3 Å². The smallest absolute Gasteiger partial charge is 0.0965 e. The summed E-state index contributed by atoms with van der Waals surface area (Å²) >= 11 is 0. The largest absolute Gasteiger partial charge is 0.309 e. The highest BCUT2D eigenvalue weighted by atomic mass is 15.4. The van der Waals surface area contributed by atoms with Crippen LogP contribution in [0.2, 0.25) is 0 Å². The van der Waals surface area contributed by atoms with E-state index < -0.39 is 0 Å². The maximum absolute atomic E-state index is 4.16. The van der Waals surface area contributed by atoms with E-state index in [2.05, 4.69) is 60.7 Å². The maximum Gasteiger partial charge on any atom is 0.0965 e. The van der Waals surface area contributed by atoms with Gasteiger partial charge in [0.15, 0.2) is 0 Å². The summed E-state index contributed by atoms with van der Waals surface area (Å²) in [5.74, 6) is 0. The van der Waals surface area contributed by atoms with Crippen molar-refractivity contribution in [2.75, 3.05) is 0 Å². The highest BCUT2D eigenvalue weighted by molar-refractivity contribution is 5.25. The summed E-state index contributed by atoms with van der Waals surface area (Å²) < 4.78 is 1.89. The van der Waals surface area contributed by atoms with E-state index in [1.54, 1.807) is 0 Å². The molecule has 2 rings (SSSR count). The Morgan fingerprint density at radius 3 is 2.78 bits per heavy atom. The van der Waals surface area contributed by atoms with Gasteiger partial charge in [0.25, 0.3) is 0 Å². The molecule has 0 saturated carbocycles. The van der Waals surface area contributed by atoms with Gasteiger partial charge in [0, 0.05) is 12.6 Å². The molecule has 1 heterocycles. The van der Waals surface area contributed by atoms with Gasteiger partial charge in [-0.25, -0.2) is 4.68 Å². The van der Waals surface area contributed by atoms with Gasteiger partial charge < -0.3 is 5.32 Å². The SMILES string of the molecule is Cc1ccccc1Cn1cc(CNC(C)C)nn1. The predicted molar refractivity (Wildman–Crippen MR) is 72.3 cm³/mol. The van der Waals surface area contributed by atoms with Crippen LogP contribution in [-0.4, -0.2) is 21.0 Å². The summed E-state index contributed by atoms with van der Waals surface area (Å²) in [4.78, 5) is 0. The lowest BCUT2D eigenvalue weighted by Gasteiger charge is -2.05. The van der Waals surface area contributed by atoms with Crippen LogP contribution in [0, 0.1) is 6.92 Å². The van der Waals surface area contributed by atoms with Gasteiger partial charge in [-0.2, -0.15) is 0 Å². The number of nitrogens with zero attached hydrogens (tertiary/aromatic N) is 3. The third-order valence-corrected chi connectivity index (χ3v) is 2.87. The minimum absolute atomic E-state index is 0.464. The molecule has 96 valence electrons. The Morgan fingerprint density at radius 2 is 2.06 bits per heavy atom. The molecule has 0 bridgehead atoms. The second-order valence-electron chi connectivity index (χ2n) is 4.87. The molecule has 4 heteroatoms. The molecule has 0 fully saturated rings. The number of rotatable bonds is 5. The van der Waals surface area contributed by atoms with Gasteiger partial charge in [-0.15, -0.1) is 5.10 Å². The first-order chi connectivity index (χ1) is 8.65. The molecule has 1 aromatic carbocycles. The van der Waals surface area contributed by atoms with E-state index in [-0.39, 0.29) is 0 Å². The van der Waals surface area contributed by atoms with Crippen molar-refractivity contribution < 1.29 is 0 Å². The lowest BCUT2D eigenvalue weighted by molar-refractivity contribution is 0.580. The van der Waals surface area contributed by atoms with Crippen molar-refractivity contribution in [2.45, 2.75) is 39.9 Å². The van der Waals surface area contributed by atoms with Gasteiger partial charge in [0.05, 0.1) is 18.4 Å². The Hall–Kier alpha value is -1.68. The first-order valence-corrected chi connectivity index (χ1v) is 6.32. The molecule has 2 aromatic rings. The van der Waals surface area contributed by atoms with Crippen LogP contribution in [0.25, 0.3) is 0 Å². The summed E-state index contributed by atoms with van der Waals surface area (Å²) in [6, 6.07) is 8.82. The van der Waals surface area contributed by atoms with Crippen molar-refractivity contribution in [1.82, 2.24) is 20.3 Å². The average Bonchev–Trinajstić information content (AvgIpc) is 2.77. The molecule has 18 heavy (non-hydrogen) atoms. The highest BCUT2D eigenvalue weighted by Crippen LogP contribution is 2.08. The van der Waals surface area contributed by atoms with Crippen LogP contribution in [0.5, 0.6) is 0 Å². The van der Waals surface area contributed by atoms with Crippen molar-refractivity contribution in [2.24, 2.45) is 0 Å². The predicted octanol–water partition coefficient (Wildman–Crippen LogP) is 2.13. The van der Waals surface area contributed by atoms with E-state index in [1.807, 2.05) is 10.9 Å². The molecule has 0 radical (unpaired) electrons. The molecule has 0 unspecified atom stereocenters. The van der Waals surface area contributed by atoms with E-state index in [9.17, 15) is 0 Å². The van der Waals surface area contributed by atoms with E-state index >= 15 is 0 Å². The highest BCUT2D eigenvalue weighted by Gasteiger charge is 2.03. The molecular weight excluding hydrogens is 224 g/mol. The summed E-state index contributed by atoms with van der Waals surface area (Å²) in [6.45, 7) is 7.91. The zero-order chi connectivity index (χ0) is 13.0. The Labute approximate surface area is 108 Å². The van der Waals surface area contributed by atoms with Gasteiger partial charge >= 0.3 is 0 Å². The van der Waals surface area contributed by atoms with Crippen LogP contribution in [0.1, 0.15) is 30.7 Å². The van der Waals surface area contributed by atoms with Crippen LogP contribution in [0.3, 0.4) is 0 Å². The van der Waals surface area contributed by atoms with E-state index in [0.29, 0.717) is 6.04 Å². The van der Waals surface area contributed by atoms with Gasteiger partial charge in [-0.1, -0.05) is 43.3 Å². The first-order valence-electron chi connectivity index (χ1n) is 6.32. The standard InChI is InChI=1S/C14H20N4/c1-11(2)15-8-14-10-18(17-16-14)9-13-7-5-4-6-12(13)3/h4-7,10-11,15H,8-9H2,1-3H3. The Bertz CT molecular complexity index is 502. The van der Waals surface area contributed by atoms with E-state index in [0.717, 1.165) is 18.8 Å². The summed E-state index contributed by atoms with van der Waals surface area (Å²) in [6.07, 6.45) is 2.00. The molecule has 0 atom stereocenters. The topological polar surface area (TPSA) is 42.7 Å². The fraction of sp³-hybridized carbons (Fsp3) is 0.429. The summed E-state index contributed by atoms with van der Waals surface area (Å²) in [7, 11) is 0. The van der Waals surface area contributed by atoms with Crippen molar-refractivity contribution >= 4 is 0 Å². The van der Waals surface area contributed by atoms with Gasteiger partial charge in [0.1, 0.15) is 0 Å². The van der Waals surface area contributed by atoms with Crippen LogP contribution in [-0.2, 0) is 13.1 Å². The van der Waals surface area contributed by atoms with Crippen molar-refractivity contribution in [1.29, 1.82) is 0 Å². The maximum atomic E-state index is 4.16. The number of nitrogens with one attached hydrogen (secondary N) is 1. The minimum Gasteiger partial charge on any atom is -0.309 e. The molecule has 1 aromatic heterocycles. The lowest BCUT2D eigenvalue weighted by Crippen LogP contribution is -2.21. The Morgan fingerprint density at radius 1 is 1.28 bits per heavy atom. The van der Waals surface area contributed by atoms with Gasteiger partial charge in [-0.05, 0) is 18.1 Å². The Balaban J connectivity index is 2.00. The number of hydrogen-bond donors (Lipinski definition) is 1. The number of aryl methyl sites for hydroxylation is 1. The fourth-order valence-corrected chi connectivity index (χ4v) is 1.77. The number of benzene rings is 1. The zero-order valence-corrected chi connectivity index (χ0v) is 11.2. The quantitative estimate of drug-likeness (QED) is 0.876.